The number of nitrogens with zero attached hydrogens (tertiary/aromatic N) is 5. The summed E-state index contributed by atoms with van der Waals surface area (Å²) in [6, 6.07) is 5.62. The van der Waals surface area contributed by atoms with Crippen LogP contribution in [0.3, 0.4) is 0 Å². The lowest BCUT2D eigenvalue weighted by Gasteiger charge is -2.40. The predicted molar refractivity (Wildman–Crippen MR) is 117 cm³/mol. The second-order valence-electron chi connectivity index (χ2n) is 8.06. The van der Waals surface area contributed by atoms with Crippen LogP contribution in [0.4, 0.5) is 21.8 Å². The van der Waals surface area contributed by atoms with Crippen molar-refractivity contribution in [1.82, 2.24) is 14.5 Å². The van der Waals surface area contributed by atoms with E-state index in [0.29, 0.717) is 5.69 Å². The first-order valence-corrected chi connectivity index (χ1v) is 11.6. The zero-order valence-electron chi connectivity index (χ0n) is 16.9. The molecule has 2 aromatic heterocycles. The van der Waals surface area contributed by atoms with E-state index in [9.17, 15) is 12.8 Å². The first-order chi connectivity index (χ1) is 14.8. The third-order valence-electron chi connectivity index (χ3n) is 5.98. The van der Waals surface area contributed by atoms with E-state index in [2.05, 4.69) is 20.0 Å². The summed E-state index contributed by atoms with van der Waals surface area (Å²) in [4.78, 5) is 8.50. The molecule has 0 saturated heterocycles. The number of sulfonamides is 1. The van der Waals surface area contributed by atoms with E-state index in [0.717, 1.165) is 54.7 Å². The van der Waals surface area contributed by atoms with Gasteiger partial charge in [-0.1, -0.05) is 19.3 Å². The van der Waals surface area contributed by atoms with Crippen LogP contribution in [-0.2, 0) is 15.6 Å². The van der Waals surface area contributed by atoms with Gasteiger partial charge in [0.1, 0.15) is 22.2 Å². The molecule has 1 fully saturated rings. The molecule has 0 unspecified atom stereocenters. The van der Waals surface area contributed by atoms with Crippen LogP contribution in [0.25, 0.3) is 11.0 Å². The molecule has 0 radical (unpaired) electrons. The van der Waals surface area contributed by atoms with E-state index in [1.165, 1.54) is 12.5 Å². The van der Waals surface area contributed by atoms with E-state index >= 15 is 0 Å². The lowest BCUT2D eigenvalue weighted by atomic mass is 9.82. The van der Waals surface area contributed by atoms with Crippen LogP contribution in [0.15, 0.2) is 40.5 Å². The number of primary sulfonamides is 1. The summed E-state index contributed by atoms with van der Waals surface area (Å²) in [7, 11) is -2.23. The summed E-state index contributed by atoms with van der Waals surface area (Å²) < 4.78 is 39.3. The highest BCUT2D eigenvalue weighted by Gasteiger charge is 2.38. The Morgan fingerprint density at radius 2 is 1.97 bits per heavy atom. The average molecular weight is 444 g/mol. The number of anilines is 3. The van der Waals surface area contributed by atoms with Crippen molar-refractivity contribution in [2.45, 2.75) is 42.5 Å². The van der Waals surface area contributed by atoms with Crippen molar-refractivity contribution in [3.8, 4) is 0 Å². The number of fused-ring (bicyclic) bond motifs is 4. The highest BCUT2D eigenvalue weighted by Crippen LogP contribution is 2.42. The van der Waals surface area contributed by atoms with Gasteiger partial charge in [-0.15, -0.1) is 0 Å². The van der Waals surface area contributed by atoms with Crippen LogP contribution in [0, 0.1) is 5.82 Å². The largest absolute Gasteiger partial charge is 0.324 e. The molecule has 9 nitrogen and oxygen atoms in total. The number of rotatable bonds is 3. The second-order valence-corrected chi connectivity index (χ2v) is 9.59. The third kappa shape index (κ3) is 3.33. The molecule has 31 heavy (non-hydrogen) atoms. The minimum Gasteiger partial charge on any atom is -0.324 e. The van der Waals surface area contributed by atoms with Crippen LogP contribution < -0.4 is 15.5 Å². The molecule has 1 aliphatic carbocycles. The van der Waals surface area contributed by atoms with Crippen molar-refractivity contribution < 1.29 is 12.8 Å². The van der Waals surface area contributed by atoms with Crippen LogP contribution in [-0.4, -0.2) is 36.2 Å². The number of hydrogen-bond donors (Lipinski definition) is 2. The zero-order valence-corrected chi connectivity index (χ0v) is 17.7. The fourth-order valence-corrected chi connectivity index (χ4v) is 5.07. The minimum absolute atomic E-state index is 0.212. The summed E-state index contributed by atoms with van der Waals surface area (Å²) in [5.74, 6) is 0.300. The monoisotopic (exact) mass is 443 g/mol. The summed E-state index contributed by atoms with van der Waals surface area (Å²) >= 11 is 0. The SMILES string of the molecule is CN1N=CC2(CCCCC2)n2c1cc1cnc(Nc3ccc(S(N)(=O)=O)c(F)c3)nc12. The van der Waals surface area contributed by atoms with Crippen molar-refractivity contribution >= 4 is 44.7 Å². The van der Waals surface area contributed by atoms with Gasteiger partial charge in [-0.3, -0.25) is 9.58 Å². The topological polar surface area (TPSA) is 118 Å². The Morgan fingerprint density at radius 1 is 1.19 bits per heavy atom. The molecule has 1 saturated carbocycles. The summed E-state index contributed by atoms with van der Waals surface area (Å²) in [6.45, 7) is 0. The molecule has 3 N–H and O–H groups in total. The smallest absolute Gasteiger partial charge is 0.240 e. The molecular weight excluding hydrogens is 421 g/mol. The molecule has 162 valence electrons. The van der Waals surface area contributed by atoms with E-state index in [1.54, 1.807) is 6.20 Å². The van der Waals surface area contributed by atoms with Crippen molar-refractivity contribution in [3.63, 3.8) is 0 Å². The Kier molecular flexibility index (Phi) is 4.48. The van der Waals surface area contributed by atoms with Crippen molar-refractivity contribution in [3.05, 3.63) is 36.3 Å². The van der Waals surface area contributed by atoms with Crippen LogP contribution >= 0.6 is 0 Å². The van der Waals surface area contributed by atoms with Crippen molar-refractivity contribution in [2.75, 3.05) is 17.4 Å². The molecule has 1 aromatic carbocycles. The van der Waals surface area contributed by atoms with Gasteiger partial charge in [0.25, 0.3) is 0 Å². The Balaban J connectivity index is 1.56. The van der Waals surface area contributed by atoms with Crippen LogP contribution in [0.5, 0.6) is 0 Å². The molecule has 3 aromatic rings. The first kappa shape index (κ1) is 19.9. The second kappa shape index (κ2) is 6.99. The average Bonchev–Trinajstić information content (AvgIpc) is 3.11. The maximum Gasteiger partial charge on any atom is 0.240 e. The zero-order chi connectivity index (χ0) is 21.8. The Morgan fingerprint density at radius 3 is 2.68 bits per heavy atom. The van der Waals surface area contributed by atoms with Gasteiger partial charge >= 0.3 is 0 Å². The Labute approximate surface area is 178 Å². The Bertz CT molecular complexity index is 1310. The van der Waals surface area contributed by atoms with Crippen molar-refractivity contribution in [1.29, 1.82) is 0 Å². The quantitative estimate of drug-likeness (QED) is 0.642. The summed E-state index contributed by atoms with van der Waals surface area (Å²) in [5.41, 5.74) is 0.881. The fraction of sp³-hybridized carbons (Fsp3) is 0.350. The van der Waals surface area contributed by atoms with Crippen molar-refractivity contribution in [2.24, 2.45) is 10.2 Å². The number of nitrogens with one attached hydrogen (secondary N) is 1. The molecule has 3 heterocycles. The standard InChI is InChI=1S/C20H22FN7O2S/c1-27-17-9-13-11-23-19(25-14-5-6-16(15(21)10-14)31(22,29)30)26-18(13)28(17)20(12-24-27)7-3-2-4-8-20/h5-6,9-12H,2-4,7-8H2,1H3,(H2,22,29,30)(H,23,25,26). The third-order valence-corrected chi connectivity index (χ3v) is 6.93. The molecule has 5 rings (SSSR count). The number of halogens is 1. The first-order valence-electron chi connectivity index (χ1n) is 10.0. The lowest BCUT2D eigenvalue weighted by molar-refractivity contribution is 0.290. The van der Waals surface area contributed by atoms with Gasteiger partial charge in [0, 0.05) is 24.3 Å². The molecule has 1 aliphatic heterocycles. The molecule has 1 spiro atoms. The minimum atomic E-state index is -4.13. The molecule has 0 bridgehead atoms. The number of hydrogen-bond acceptors (Lipinski definition) is 7. The number of hydrazone groups is 1. The fourth-order valence-electron chi connectivity index (χ4n) is 4.48. The highest BCUT2D eigenvalue weighted by atomic mass is 32.2. The van der Waals surface area contributed by atoms with Gasteiger partial charge in [0.15, 0.2) is 0 Å². The van der Waals surface area contributed by atoms with Crippen LogP contribution in [0.1, 0.15) is 32.1 Å². The van der Waals surface area contributed by atoms with Gasteiger partial charge in [-0.25, -0.2) is 22.9 Å². The Hall–Kier alpha value is -3.05. The van der Waals surface area contributed by atoms with Gasteiger partial charge < -0.3 is 5.32 Å². The van der Waals surface area contributed by atoms with Gasteiger partial charge in [-0.05, 0) is 37.1 Å². The molecule has 11 heteroatoms. The van der Waals surface area contributed by atoms with E-state index in [-0.39, 0.29) is 11.5 Å². The number of benzene rings is 1. The van der Waals surface area contributed by atoms with Crippen LogP contribution in [0.2, 0.25) is 0 Å². The highest BCUT2D eigenvalue weighted by molar-refractivity contribution is 7.89. The number of aromatic nitrogens is 3. The molecule has 0 atom stereocenters. The molecular formula is C20H22FN7O2S. The normalized spacial score (nSPS) is 17.8. The van der Waals surface area contributed by atoms with E-state index < -0.39 is 20.7 Å². The van der Waals surface area contributed by atoms with Gasteiger partial charge in [0.2, 0.25) is 16.0 Å². The van der Waals surface area contributed by atoms with Gasteiger partial charge in [0.05, 0.1) is 11.8 Å². The van der Waals surface area contributed by atoms with E-state index in [4.69, 9.17) is 10.1 Å². The summed E-state index contributed by atoms with van der Waals surface area (Å²) in [6.07, 6.45) is 9.19. The maximum atomic E-state index is 14.2. The number of nitrogens with two attached hydrogens (primary N) is 1. The molecule has 0 amide bonds. The maximum absolute atomic E-state index is 14.2. The lowest BCUT2D eigenvalue weighted by Crippen LogP contribution is -2.42. The molecule has 2 aliphatic rings. The van der Waals surface area contributed by atoms with E-state index in [1.807, 2.05) is 24.3 Å². The predicted octanol–water partition coefficient (Wildman–Crippen LogP) is 3.06. The van der Waals surface area contributed by atoms with Gasteiger partial charge in [-0.2, -0.15) is 10.1 Å². The summed E-state index contributed by atoms with van der Waals surface area (Å²) in [5, 5.41) is 15.3.